The van der Waals surface area contributed by atoms with Crippen molar-refractivity contribution in [3.63, 3.8) is 0 Å². The van der Waals surface area contributed by atoms with Crippen LogP contribution in [0.15, 0.2) is 48.6 Å². The Kier molecular flexibility index (Phi) is 2.26. The average molecular weight is 226 g/mol. The number of carbonyl (C=O) groups excluding carboxylic acids is 1. The fourth-order valence-electron chi connectivity index (χ4n) is 2.83. The number of hydrogen-bond acceptors (Lipinski definition) is 2. The molecule has 2 aliphatic rings. The number of ether oxygens (including phenoxy) is 1. The molecule has 1 unspecified atom stereocenters. The fourth-order valence-corrected chi connectivity index (χ4v) is 2.83. The van der Waals surface area contributed by atoms with Gasteiger partial charge in [-0.1, -0.05) is 36.4 Å². The molecular formula is C15H14O2. The third-order valence-corrected chi connectivity index (χ3v) is 3.71. The van der Waals surface area contributed by atoms with Gasteiger partial charge in [-0.05, 0) is 29.7 Å². The van der Waals surface area contributed by atoms with Crippen LogP contribution in [0.2, 0.25) is 0 Å². The van der Waals surface area contributed by atoms with Gasteiger partial charge in [0, 0.05) is 12.5 Å². The van der Waals surface area contributed by atoms with E-state index in [1.807, 2.05) is 24.3 Å². The molecule has 1 atom stereocenters. The molecule has 0 bridgehead atoms. The topological polar surface area (TPSA) is 26.3 Å². The van der Waals surface area contributed by atoms with Crippen LogP contribution < -0.4 is 0 Å². The van der Waals surface area contributed by atoms with Crippen molar-refractivity contribution in [2.45, 2.75) is 17.9 Å². The molecule has 0 aromatic heterocycles. The highest BCUT2D eigenvalue weighted by atomic mass is 16.5. The highest BCUT2D eigenvalue weighted by Gasteiger charge is 2.41. The zero-order valence-corrected chi connectivity index (χ0v) is 9.72. The second-order valence-electron chi connectivity index (χ2n) is 4.63. The van der Waals surface area contributed by atoms with Crippen molar-refractivity contribution in [2.75, 3.05) is 7.11 Å². The molecule has 0 heterocycles. The quantitative estimate of drug-likeness (QED) is 0.736. The molecule has 0 N–H and O–H groups in total. The molecule has 0 amide bonds. The summed E-state index contributed by atoms with van der Waals surface area (Å²) in [6, 6.07) is 8.30. The van der Waals surface area contributed by atoms with Crippen LogP contribution in [-0.2, 0) is 14.9 Å². The number of ketones is 1. The molecule has 0 radical (unpaired) electrons. The Hall–Kier alpha value is -1.67. The summed E-state index contributed by atoms with van der Waals surface area (Å²) in [7, 11) is 1.74. The van der Waals surface area contributed by atoms with Crippen LogP contribution in [0, 0.1) is 0 Å². The molecular weight excluding hydrogens is 212 g/mol. The maximum Gasteiger partial charge on any atom is 0.178 e. The van der Waals surface area contributed by atoms with Crippen LogP contribution in [0.25, 0.3) is 0 Å². The highest BCUT2D eigenvalue weighted by molar-refractivity contribution is 6.00. The average Bonchev–Trinajstić information content (AvgIpc) is 2.68. The second kappa shape index (κ2) is 3.67. The second-order valence-corrected chi connectivity index (χ2v) is 4.63. The van der Waals surface area contributed by atoms with Crippen molar-refractivity contribution >= 4 is 5.78 Å². The lowest BCUT2D eigenvalue weighted by Gasteiger charge is -2.24. The van der Waals surface area contributed by atoms with Gasteiger partial charge in [0.05, 0.1) is 6.10 Å². The van der Waals surface area contributed by atoms with E-state index in [0.29, 0.717) is 0 Å². The lowest BCUT2D eigenvalue weighted by Crippen LogP contribution is -2.20. The molecule has 2 heteroatoms. The van der Waals surface area contributed by atoms with E-state index < -0.39 is 0 Å². The molecule has 0 fully saturated rings. The minimum absolute atomic E-state index is 0.0639. The third kappa shape index (κ3) is 1.48. The predicted octanol–water partition coefficient (Wildman–Crippen LogP) is 2.71. The molecule has 0 saturated heterocycles. The van der Waals surface area contributed by atoms with Crippen molar-refractivity contribution < 1.29 is 9.53 Å². The van der Waals surface area contributed by atoms with Crippen LogP contribution in [0.5, 0.6) is 0 Å². The summed E-state index contributed by atoms with van der Waals surface area (Å²) in [6.45, 7) is 0. The Morgan fingerprint density at radius 2 is 1.94 bits per heavy atom. The maximum atomic E-state index is 11.3. The monoisotopic (exact) mass is 226 g/mol. The van der Waals surface area contributed by atoms with Gasteiger partial charge >= 0.3 is 0 Å². The van der Waals surface area contributed by atoms with E-state index in [2.05, 4.69) is 12.1 Å². The number of benzene rings is 1. The number of rotatable bonds is 1. The Balaban J connectivity index is 2.13. The van der Waals surface area contributed by atoms with Crippen LogP contribution in [-0.4, -0.2) is 12.9 Å². The number of hydrogen-bond donors (Lipinski definition) is 0. The van der Waals surface area contributed by atoms with Crippen molar-refractivity contribution in [3.05, 3.63) is 59.7 Å². The predicted molar refractivity (Wildman–Crippen MR) is 65.8 cm³/mol. The first-order chi connectivity index (χ1) is 8.25. The summed E-state index contributed by atoms with van der Waals surface area (Å²) >= 11 is 0. The third-order valence-electron chi connectivity index (χ3n) is 3.71. The lowest BCUT2D eigenvalue weighted by molar-refractivity contribution is -0.110. The number of carbonyl (C=O) groups is 1. The van der Waals surface area contributed by atoms with E-state index >= 15 is 0 Å². The first-order valence-corrected chi connectivity index (χ1v) is 5.80. The zero-order valence-electron chi connectivity index (χ0n) is 9.72. The summed E-state index contributed by atoms with van der Waals surface area (Å²) in [6.07, 6.45) is 8.33. The normalized spacial score (nSPS) is 24.3. The molecule has 1 spiro atoms. The minimum Gasteiger partial charge on any atom is -0.377 e. The molecule has 0 saturated carbocycles. The number of allylic oxidation sites excluding steroid dienone is 4. The van der Waals surface area contributed by atoms with Crippen LogP contribution in [0.3, 0.4) is 0 Å². The van der Waals surface area contributed by atoms with Gasteiger partial charge in [-0.3, -0.25) is 4.79 Å². The van der Waals surface area contributed by atoms with Gasteiger partial charge in [0.2, 0.25) is 0 Å². The van der Waals surface area contributed by atoms with Gasteiger partial charge in [0.25, 0.3) is 0 Å². The molecule has 2 nitrogen and oxygen atoms in total. The van der Waals surface area contributed by atoms with E-state index in [1.165, 1.54) is 11.1 Å². The summed E-state index contributed by atoms with van der Waals surface area (Å²) in [5.41, 5.74) is 2.34. The van der Waals surface area contributed by atoms with Gasteiger partial charge in [-0.15, -0.1) is 0 Å². The summed E-state index contributed by atoms with van der Waals surface area (Å²) in [4.78, 5) is 11.3. The molecule has 3 rings (SSSR count). The van der Waals surface area contributed by atoms with Crippen molar-refractivity contribution in [2.24, 2.45) is 0 Å². The van der Waals surface area contributed by atoms with Gasteiger partial charge in [0.15, 0.2) is 5.78 Å². The smallest absolute Gasteiger partial charge is 0.178 e. The molecule has 0 aliphatic heterocycles. The molecule has 1 aromatic carbocycles. The van der Waals surface area contributed by atoms with Crippen LogP contribution >= 0.6 is 0 Å². The summed E-state index contributed by atoms with van der Waals surface area (Å²) < 4.78 is 5.54. The van der Waals surface area contributed by atoms with Crippen LogP contribution in [0.1, 0.15) is 23.7 Å². The van der Waals surface area contributed by atoms with E-state index in [9.17, 15) is 4.79 Å². The highest BCUT2D eigenvalue weighted by Crippen LogP contribution is 2.48. The Morgan fingerprint density at radius 1 is 1.24 bits per heavy atom. The standard InChI is InChI=1S/C15H14O2/c1-17-14-10-15(8-6-11(16)7-9-15)13-5-3-2-4-12(13)14/h2-9,14H,10H2,1H3. The Labute approximate surface area is 101 Å². The van der Waals surface area contributed by atoms with Crippen molar-refractivity contribution in [1.29, 1.82) is 0 Å². The van der Waals surface area contributed by atoms with Gasteiger partial charge < -0.3 is 4.74 Å². The number of fused-ring (bicyclic) bond motifs is 2. The molecule has 2 aliphatic carbocycles. The van der Waals surface area contributed by atoms with Gasteiger partial charge in [0.1, 0.15) is 0 Å². The fraction of sp³-hybridized carbons (Fsp3) is 0.267. The summed E-state index contributed by atoms with van der Waals surface area (Å²) in [5, 5.41) is 0. The van der Waals surface area contributed by atoms with E-state index in [0.717, 1.165) is 6.42 Å². The Morgan fingerprint density at radius 3 is 2.65 bits per heavy atom. The lowest BCUT2D eigenvalue weighted by atomic mass is 9.78. The van der Waals surface area contributed by atoms with Crippen molar-refractivity contribution in [1.82, 2.24) is 0 Å². The minimum atomic E-state index is -0.148. The Bertz CT molecular complexity index is 509. The van der Waals surface area contributed by atoms with E-state index in [4.69, 9.17) is 4.74 Å². The first-order valence-electron chi connectivity index (χ1n) is 5.80. The SMILES string of the molecule is COC1CC2(C=CC(=O)C=C2)c2ccccc21. The van der Waals surface area contributed by atoms with Gasteiger partial charge in [-0.2, -0.15) is 0 Å². The maximum absolute atomic E-state index is 11.3. The summed E-state index contributed by atoms with van der Waals surface area (Å²) in [5.74, 6) is 0.0639. The van der Waals surface area contributed by atoms with E-state index in [-0.39, 0.29) is 17.3 Å². The van der Waals surface area contributed by atoms with Crippen molar-refractivity contribution in [3.8, 4) is 0 Å². The zero-order chi connectivity index (χ0) is 11.9. The largest absolute Gasteiger partial charge is 0.377 e. The first kappa shape index (κ1) is 10.5. The van der Waals surface area contributed by atoms with Crippen LogP contribution in [0.4, 0.5) is 0 Å². The number of methoxy groups -OCH3 is 1. The van der Waals surface area contributed by atoms with E-state index in [1.54, 1.807) is 19.3 Å². The molecule has 1 aromatic rings. The van der Waals surface area contributed by atoms with Gasteiger partial charge in [-0.25, -0.2) is 0 Å². The molecule has 17 heavy (non-hydrogen) atoms. The molecule has 86 valence electrons.